The first-order valence-electron chi connectivity index (χ1n) is 24.7. The van der Waals surface area contributed by atoms with Crippen LogP contribution in [0.25, 0.3) is 0 Å². The Hall–Kier alpha value is -0.830. The van der Waals surface area contributed by atoms with Crippen molar-refractivity contribution in [2.45, 2.75) is 296 Å². The third-order valence-electron chi connectivity index (χ3n) is 11.9. The van der Waals surface area contributed by atoms with Gasteiger partial charge in [0, 0.05) is 0 Å². The normalized spacial score (nSPS) is 13.0. The second-order valence-electron chi connectivity index (χ2n) is 17.2. The van der Waals surface area contributed by atoms with E-state index in [-0.39, 0.29) is 0 Å². The predicted octanol–water partition coefficient (Wildman–Crippen LogP) is 17.4. The molecule has 2 atom stereocenters. The van der Waals surface area contributed by atoms with Crippen molar-refractivity contribution < 1.29 is 15.0 Å². The maximum absolute atomic E-state index is 11.8. The van der Waals surface area contributed by atoms with Gasteiger partial charge in [0.15, 0.2) is 0 Å². The van der Waals surface area contributed by atoms with Crippen molar-refractivity contribution in [2.24, 2.45) is 5.92 Å². The predicted molar refractivity (Wildman–Crippen MR) is 236 cm³/mol. The van der Waals surface area contributed by atoms with E-state index >= 15 is 0 Å². The summed E-state index contributed by atoms with van der Waals surface area (Å²) in [5.41, 5.74) is 0. The van der Waals surface area contributed by atoms with Gasteiger partial charge < -0.3 is 10.2 Å². The zero-order chi connectivity index (χ0) is 38.6. The van der Waals surface area contributed by atoms with Crippen LogP contribution in [0, 0.1) is 5.92 Å². The van der Waals surface area contributed by atoms with Crippen LogP contribution in [0.15, 0.2) is 12.2 Å². The Morgan fingerprint density at radius 1 is 0.358 bits per heavy atom. The number of carbonyl (C=O) groups is 1. The molecule has 0 radical (unpaired) electrons. The fourth-order valence-electron chi connectivity index (χ4n) is 8.14. The fraction of sp³-hybridized carbons (Fsp3) is 0.940. The minimum atomic E-state index is -0.806. The number of allylic oxidation sites excluding steroid dienone is 2. The van der Waals surface area contributed by atoms with E-state index in [2.05, 4.69) is 26.0 Å². The molecule has 0 aromatic heterocycles. The van der Waals surface area contributed by atoms with Crippen molar-refractivity contribution in [2.75, 3.05) is 0 Å². The Kier molecular flexibility index (Phi) is 44.8. The molecule has 53 heavy (non-hydrogen) atoms. The third-order valence-corrected chi connectivity index (χ3v) is 11.9. The molecule has 2 N–H and O–H groups in total. The van der Waals surface area contributed by atoms with E-state index in [4.69, 9.17) is 0 Å². The number of carboxylic acids is 1. The van der Waals surface area contributed by atoms with Crippen LogP contribution in [0.4, 0.5) is 0 Å². The average Bonchev–Trinajstić information content (AvgIpc) is 3.15. The number of rotatable bonds is 46. The molecule has 0 spiro atoms. The van der Waals surface area contributed by atoms with Gasteiger partial charge in [-0.15, -0.1) is 0 Å². The molecule has 0 aliphatic heterocycles. The van der Waals surface area contributed by atoms with Gasteiger partial charge in [-0.25, -0.2) is 0 Å². The Morgan fingerprint density at radius 3 is 0.849 bits per heavy atom. The maximum atomic E-state index is 11.8. The highest BCUT2D eigenvalue weighted by Gasteiger charge is 2.25. The van der Waals surface area contributed by atoms with Crippen LogP contribution in [-0.4, -0.2) is 22.3 Å². The molecule has 3 nitrogen and oxygen atoms in total. The van der Waals surface area contributed by atoms with Crippen LogP contribution < -0.4 is 0 Å². The summed E-state index contributed by atoms with van der Waals surface area (Å²) in [5, 5.41) is 20.3. The van der Waals surface area contributed by atoms with Crippen molar-refractivity contribution in [3.63, 3.8) is 0 Å². The van der Waals surface area contributed by atoms with Crippen LogP contribution in [0.2, 0.25) is 0 Å². The first kappa shape index (κ1) is 52.2. The molecule has 0 saturated heterocycles. The summed E-state index contributed by atoms with van der Waals surface area (Å²) in [6.07, 6.45) is 60.6. The number of aliphatic carboxylic acids is 1. The summed E-state index contributed by atoms with van der Waals surface area (Å²) in [7, 11) is 0. The number of unbranched alkanes of at least 4 members (excludes halogenated alkanes) is 38. The highest BCUT2D eigenvalue weighted by molar-refractivity contribution is 5.70. The van der Waals surface area contributed by atoms with Crippen LogP contribution in [-0.2, 0) is 4.79 Å². The van der Waals surface area contributed by atoms with Gasteiger partial charge in [-0.05, 0) is 38.5 Å². The summed E-state index contributed by atoms with van der Waals surface area (Å²) >= 11 is 0. The molecule has 0 rings (SSSR count). The van der Waals surface area contributed by atoms with Crippen molar-refractivity contribution in [1.29, 1.82) is 0 Å². The summed E-state index contributed by atoms with van der Waals surface area (Å²) < 4.78 is 0. The van der Waals surface area contributed by atoms with E-state index in [1.54, 1.807) is 0 Å². The third kappa shape index (κ3) is 42.2. The van der Waals surface area contributed by atoms with Gasteiger partial charge in [0.2, 0.25) is 0 Å². The lowest BCUT2D eigenvalue weighted by molar-refractivity contribution is -0.146. The molecule has 2 unspecified atom stereocenters. The number of aliphatic hydroxyl groups is 1. The van der Waals surface area contributed by atoms with E-state index in [1.165, 1.54) is 238 Å². The van der Waals surface area contributed by atoms with Crippen LogP contribution in [0.5, 0.6) is 0 Å². The molecular weight excluding hydrogens is 649 g/mol. The van der Waals surface area contributed by atoms with E-state index in [0.717, 1.165) is 25.7 Å². The highest BCUT2D eigenvalue weighted by atomic mass is 16.4. The number of hydrogen-bond acceptors (Lipinski definition) is 2. The molecule has 0 aliphatic rings. The van der Waals surface area contributed by atoms with Crippen molar-refractivity contribution in [3.8, 4) is 0 Å². The number of carboxylic acid groups (broad SMARTS) is 1. The van der Waals surface area contributed by atoms with Gasteiger partial charge in [0.05, 0.1) is 12.0 Å². The molecule has 0 saturated carbocycles. The lowest BCUT2D eigenvalue weighted by Gasteiger charge is -2.19. The second kappa shape index (κ2) is 45.6. The Balaban J connectivity index is 3.37. The topological polar surface area (TPSA) is 57.5 Å². The summed E-state index contributed by atoms with van der Waals surface area (Å²) in [5.74, 6) is -1.38. The lowest BCUT2D eigenvalue weighted by Crippen LogP contribution is -2.28. The van der Waals surface area contributed by atoms with Crippen LogP contribution in [0.1, 0.15) is 290 Å². The summed E-state index contributed by atoms with van der Waals surface area (Å²) in [6, 6.07) is 0. The van der Waals surface area contributed by atoms with E-state index in [1.807, 2.05) is 0 Å². The molecule has 0 aromatic rings. The van der Waals surface area contributed by atoms with Gasteiger partial charge in [0.25, 0.3) is 0 Å². The Labute approximate surface area is 334 Å². The van der Waals surface area contributed by atoms with Gasteiger partial charge in [0.1, 0.15) is 0 Å². The minimum Gasteiger partial charge on any atom is -0.481 e. The van der Waals surface area contributed by atoms with Gasteiger partial charge in [-0.2, -0.15) is 0 Å². The van der Waals surface area contributed by atoms with Crippen LogP contribution >= 0.6 is 0 Å². The molecule has 0 aliphatic carbocycles. The SMILES string of the molecule is CCCCCCCCC=CCCCCCCCCCCCCCCCCCCCCCCCC(O)C(CCCCCCCCCCCCCC)C(=O)O. The quantitative estimate of drug-likeness (QED) is 0.0482. The molecule has 0 aromatic carbocycles. The Bertz CT molecular complexity index is 717. The second-order valence-corrected chi connectivity index (χ2v) is 17.2. The fourth-order valence-corrected chi connectivity index (χ4v) is 8.14. The highest BCUT2D eigenvalue weighted by Crippen LogP contribution is 2.21. The molecule has 316 valence electrons. The van der Waals surface area contributed by atoms with Gasteiger partial charge in [-0.3, -0.25) is 4.79 Å². The first-order chi connectivity index (χ1) is 26.1. The molecular formula is C50H98O3. The van der Waals surface area contributed by atoms with Crippen molar-refractivity contribution >= 4 is 5.97 Å². The van der Waals surface area contributed by atoms with Gasteiger partial charge >= 0.3 is 5.97 Å². The molecule has 0 bridgehead atoms. The smallest absolute Gasteiger partial charge is 0.309 e. The summed E-state index contributed by atoms with van der Waals surface area (Å²) in [4.78, 5) is 11.8. The molecule has 0 fully saturated rings. The van der Waals surface area contributed by atoms with Crippen molar-refractivity contribution in [3.05, 3.63) is 12.2 Å². The number of hydrogen-bond donors (Lipinski definition) is 2. The van der Waals surface area contributed by atoms with E-state index < -0.39 is 18.0 Å². The van der Waals surface area contributed by atoms with E-state index in [0.29, 0.717) is 12.8 Å². The van der Waals surface area contributed by atoms with Gasteiger partial charge in [-0.1, -0.05) is 264 Å². The monoisotopic (exact) mass is 747 g/mol. The zero-order valence-corrected chi connectivity index (χ0v) is 36.5. The minimum absolute atomic E-state index is 0.579. The zero-order valence-electron chi connectivity index (χ0n) is 36.5. The van der Waals surface area contributed by atoms with Crippen LogP contribution in [0.3, 0.4) is 0 Å². The molecule has 0 amide bonds. The van der Waals surface area contributed by atoms with Crippen molar-refractivity contribution in [1.82, 2.24) is 0 Å². The first-order valence-corrected chi connectivity index (χ1v) is 24.7. The van der Waals surface area contributed by atoms with E-state index in [9.17, 15) is 15.0 Å². The number of aliphatic hydroxyl groups excluding tert-OH is 1. The Morgan fingerprint density at radius 2 is 0.585 bits per heavy atom. The lowest BCUT2D eigenvalue weighted by atomic mass is 9.91. The standard InChI is InChI=1S/C50H98O3/c1-3-5-7-9-11-13-15-17-18-19-20-21-22-23-24-25-26-27-28-29-30-31-32-33-34-35-37-39-41-43-45-47-49(51)48(50(52)53)46-44-42-40-38-36-16-14-12-10-8-6-4-2/h17-18,48-49,51H,3-16,19-47H2,1-2H3,(H,52,53). The summed E-state index contributed by atoms with van der Waals surface area (Å²) in [6.45, 7) is 4.56. The maximum Gasteiger partial charge on any atom is 0.309 e. The average molecular weight is 747 g/mol. The largest absolute Gasteiger partial charge is 0.481 e. The molecule has 3 heteroatoms. The molecule has 0 heterocycles.